The van der Waals surface area contributed by atoms with Gasteiger partial charge in [0, 0.05) is 17.1 Å². The van der Waals surface area contributed by atoms with Crippen molar-refractivity contribution >= 4 is 16.8 Å². The molecule has 132 valence electrons. The highest BCUT2D eigenvalue weighted by atomic mass is 19.1. The average Bonchev–Trinajstić information content (AvgIpc) is 2.72. The van der Waals surface area contributed by atoms with Crippen LogP contribution in [0.3, 0.4) is 0 Å². The van der Waals surface area contributed by atoms with Gasteiger partial charge in [-0.3, -0.25) is 9.78 Å². The topological polar surface area (TPSA) is 54.9 Å². The average molecular weight is 357 g/mol. The molecule has 0 aliphatic rings. The van der Waals surface area contributed by atoms with Gasteiger partial charge in [-0.1, -0.05) is 24.3 Å². The summed E-state index contributed by atoms with van der Waals surface area (Å²) in [6, 6.07) is 20.8. The van der Waals surface area contributed by atoms with E-state index in [0.717, 1.165) is 16.6 Å². The van der Waals surface area contributed by atoms with Gasteiger partial charge < -0.3 is 5.32 Å². The number of amides is 1. The fourth-order valence-electron chi connectivity index (χ4n) is 2.90. The maximum absolute atomic E-state index is 13.2. The Bertz CT molecular complexity index is 1100. The number of aromatic nitrogens is 2. The lowest BCUT2D eigenvalue weighted by Crippen LogP contribution is -2.23. The zero-order valence-corrected chi connectivity index (χ0v) is 14.4. The number of hydrogen-bond donors (Lipinski definition) is 1. The number of carbonyl (C=O) groups is 1. The summed E-state index contributed by atoms with van der Waals surface area (Å²) in [6.07, 6.45) is 1.69. The molecule has 4 nitrogen and oxygen atoms in total. The Labute approximate surface area is 155 Å². The molecule has 0 spiro atoms. The molecule has 0 saturated carbocycles. The lowest BCUT2D eigenvalue weighted by Gasteiger charge is -2.10. The van der Waals surface area contributed by atoms with Gasteiger partial charge >= 0.3 is 0 Å². The van der Waals surface area contributed by atoms with Crippen LogP contribution in [0, 0.1) is 5.82 Å². The molecule has 0 unspecified atom stereocenters. The normalized spacial score (nSPS) is 10.7. The number of rotatable bonds is 4. The van der Waals surface area contributed by atoms with Crippen molar-refractivity contribution < 1.29 is 9.18 Å². The quantitative estimate of drug-likeness (QED) is 0.590. The van der Waals surface area contributed by atoms with Crippen LogP contribution in [0.2, 0.25) is 0 Å². The first-order valence-corrected chi connectivity index (χ1v) is 8.54. The highest BCUT2D eigenvalue weighted by Gasteiger charge is 2.14. The van der Waals surface area contributed by atoms with Gasteiger partial charge in [-0.05, 0) is 48.5 Å². The van der Waals surface area contributed by atoms with E-state index in [1.807, 2.05) is 42.5 Å². The standard InChI is InChI=1S/C22H16FN3O/c23-16-10-8-15(9-11-16)21-13-19(18-6-1-2-7-20(18)26-21)22(27)25-14-17-5-3-4-12-24-17/h1-13H,14H2,(H,25,27). The van der Waals surface area contributed by atoms with Crippen LogP contribution >= 0.6 is 0 Å². The first-order chi connectivity index (χ1) is 13.2. The van der Waals surface area contributed by atoms with Crippen LogP contribution in [0.15, 0.2) is 79.0 Å². The number of fused-ring (bicyclic) bond motifs is 1. The van der Waals surface area contributed by atoms with Gasteiger partial charge in [0.25, 0.3) is 5.91 Å². The molecule has 1 amide bonds. The Morgan fingerprint density at radius 1 is 0.963 bits per heavy atom. The van der Waals surface area contributed by atoms with Crippen molar-refractivity contribution in [3.8, 4) is 11.3 Å². The summed E-state index contributed by atoms with van der Waals surface area (Å²) in [5, 5.41) is 3.67. The second-order valence-electron chi connectivity index (χ2n) is 6.08. The van der Waals surface area contributed by atoms with Gasteiger partial charge in [-0.15, -0.1) is 0 Å². The predicted molar refractivity (Wildman–Crippen MR) is 103 cm³/mol. The van der Waals surface area contributed by atoms with E-state index in [1.54, 1.807) is 24.4 Å². The number of nitrogens with zero attached hydrogens (tertiary/aromatic N) is 2. The van der Waals surface area contributed by atoms with Crippen molar-refractivity contribution in [3.05, 3.63) is 96.1 Å². The van der Waals surface area contributed by atoms with Crippen molar-refractivity contribution in [2.45, 2.75) is 6.54 Å². The molecular weight excluding hydrogens is 341 g/mol. The molecule has 4 aromatic rings. The van der Waals surface area contributed by atoms with Crippen LogP contribution in [0.5, 0.6) is 0 Å². The van der Waals surface area contributed by atoms with E-state index in [2.05, 4.69) is 15.3 Å². The fourth-order valence-corrected chi connectivity index (χ4v) is 2.90. The Morgan fingerprint density at radius 3 is 2.52 bits per heavy atom. The number of benzene rings is 2. The van der Waals surface area contributed by atoms with Gasteiger partial charge in [0.1, 0.15) is 5.82 Å². The van der Waals surface area contributed by atoms with Crippen molar-refractivity contribution in [2.24, 2.45) is 0 Å². The second kappa shape index (κ2) is 7.33. The van der Waals surface area contributed by atoms with Crippen molar-refractivity contribution in [2.75, 3.05) is 0 Å². The monoisotopic (exact) mass is 357 g/mol. The second-order valence-corrected chi connectivity index (χ2v) is 6.08. The molecule has 0 atom stereocenters. The number of nitrogens with one attached hydrogen (secondary N) is 1. The molecule has 0 radical (unpaired) electrons. The Hall–Kier alpha value is -3.60. The van der Waals surface area contributed by atoms with E-state index >= 15 is 0 Å². The van der Waals surface area contributed by atoms with Crippen LogP contribution in [0.25, 0.3) is 22.2 Å². The molecule has 5 heteroatoms. The van der Waals surface area contributed by atoms with E-state index < -0.39 is 0 Å². The third-order valence-electron chi connectivity index (χ3n) is 4.26. The highest BCUT2D eigenvalue weighted by molar-refractivity contribution is 6.07. The molecular formula is C22H16FN3O. The maximum Gasteiger partial charge on any atom is 0.252 e. The number of pyridine rings is 2. The minimum atomic E-state index is -0.312. The van der Waals surface area contributed by atoms with Crippen molar-refractivity contribution in [3.63, 3.8) is 0 Å². The molecule has 0 aliphatic carbocycles. The largest absolute Gasteiger partial charge is 0.346 e. The van der Waals surface area contributed by atoms with Gasteiger partial charge in [-0.25, -0.2) is 9.37 Å². The van der Waals surface area contributed by atoms with E-state index in [-0.39, 0.29) is 11.7 Å². The first kappa shape index (κ1) is 16.8. The predicted octanol–water partition coefficient (Wildman–Crippen LogP) is 4.37. The molecule has 0 aliphatic heterocycles. The van der Waals surface area contributed by atoms with Crippen molar-refractivity contribution in [1.29, 1.82) is 0 Å². The summed E-state index contributed by atoms with van der Waals surface area (Å²) in [6.45, 7) is 0.336. The molecule has 2 aromatic heterocycles. The summed E-state index contributed by atoms with van der Waals surface area (Å²) in [5.74, 6) is -0.518. The molecule has 27 heavy (non-hydrogen) atoms. The number of hydrogen-bond acceptors (Lipinski definition) is 3. The molecule has 0 fully saturated rings. The lowest BCUT2D eigenvalue weighted by atomic mass is 10.0. The number of para-hydroxylation sites is 1. The Balaban J connectivity index is 1.72. The third-order valence-corrected chi connectivity index (χ3v) is 4.26. The van der Waals surface area contributed by atoms with Gasteiger partial charge in [0.15, 0.2) is 0 Å². The minimum Gasteiger partial charge on any atom is -0.346 e. The first-order valence-electron chi connectivity index (χ1n) is 8.54. The molecule has 4 rings (SSSR count). The summed E-state index contributed by atoms with van der Waals surface area (Å²) >= 11 is 0. The minimum absolute atomic E-state index is 0.206. The zero-order valence-electron chi connectivity index (χ0n) is 14.4. The van der Waals surface area contributed by atoms with E-state index in [1.165, 1.54) is 12.1 Å². The molecule has 1 N–H and O–H groups in total. The summed E-state index contributed by atoms with van der Waals surface area (Å²) < 4.78 is 13.2. The van der Waals surface area contributed by atoms with E-state index in [0.29, 0.717) is 23.3 Å². The van der Waals surface area contributed by atoms with Crippen molar-refractivity contribution in [1.82, 2.24) is 15.3 Å². The molecule has 0 bridgehead atoms. The summed E-state index contributed by atoms with van der Waals surface area (Å²) in [5.41, 5.74) is 3.39. The Morgan fingerprint density at radius 2 is 1.74 bits per heavy atom. The Kier molecular flexibility index (Phi) is 4.58. The SMILES string of the molecule is O=C(NCc1ccccn1)c1cc(-c2ccc(F)cc2)nc2ccccc12. The maximum atomic E-state index is 13.2. The lowest BCUT2D eigenvalue weighted by molar-refractivity contribution is 0.0952. The van der Waals surface area contributed by atoms with Crippen LogP contribution in [0.4, 0.5) is 4.39 Å². The van der Waals surface area contributed by atoms with Gasteiger partial charge in [0.2, 0.25) is 0 Å². The van der Waals surface area contributed by atoms with E-state index in [4.69, 9.17) is 0 Å². The zero-order chi connectivity index (χ0) is 18.6. The molecule has 2 heterocycles. The fraction of sp³-hybridized carbons (Fsp3) is 0.0455. The number of halogens is 1. The molecule has 0 saturated heterocycles. The smallest absolute Gasteiger partial charge is 0.252 e. The van der Waals surface area contributed by atoms with Crippen LogP contribution in [-0.2, 0) is 6.54 Å². The van der Waals surface area contributed by atoms with Crippen LogP contribution < -0.4 is 5.32 Å². The summed E-state index contributed by atoms with van der Waals surface area (Å²) in [7, 11) is 0. The van der Waals surface area contributed by atoms with Gasteiger partial charge in [-0.2, -0.15) is 0 Å². The summed E-state index contributed by atoms with van der Waals surface area (Å²) in [4.78, 5) is 21.7. The van der Waals surface area contributed by atoms with E-state index in [9.17, 15) is 9.18 Å². The molecule has 2 aromatic carbocycles. The third kappa shape index (κ3) is 3.67. The highest BCUT2D eigenvalue weighted by Crippen LogP contribution is 2.25. The number of carbonyl (C=O) groups excluding carboxylic acids is 1. The van der Waals surface area contributed by atoms with Crippen LogP contribution in [-0.4, -0.2) is 15.9 Å². The van der Waals surface area contributed by atoms with Gasteiger partial charge in [0.05, 0.1) is 29.0 Å². The van der Waals surface area contributed by atoms with Crippen LogP contribution in [0.1, 0.15) is 16.1 Å².